The molecule has 0 atom stereocenters. The van der Waals surface area contributed by atoms with Crippen LogP contribution in [-0.4, -0.2) is 9.97 Å². The van der Waals surface area contributed by atoms with Gasteiger partial charge in [0.05, 0.1) is 22.8 Å². The second-order valence-corrected chi connectivity index (χ2v) is 4.55. The highest BCUT2D eigenvalue weighted by molar-refractivity contribution is 5.70. The lowest BCUT2D eigenvalue weighted by Crippen LogP contribution is -1.98. The SMILES string of the molecule is Cc1ccccc1/C=C/c1nc(C)c(C)nc1C. The zero-order valence-electron chi connectivity index (χ0n) is 11.4. The first kappa shape index (κ1) is 12.5. The van der Waals surface area contributed by atoms with Crippen LogP contribution in [0.15, 0.2) is 24.3 Å². The smallest absolute Gasteiger partial charge is 0.0845 e. The van der Waals surface area contributed by atoms with Gasteiger partial charge in [-0.2, -0.15) is 0 Å². The number of aromatic nitrogens is 2. The van der Waals surface area contributed by atoms with Crippen LogP contribution >= 0.6 is 0 Å². The van der Waals surface area contributed by atoms with E-state index in [2.05, 4.69) is 35.1 Å². The van der Waals surface area contributed by atoms with Gasteiger partial charge in [0.2, 0.25) is 0 Å². The van der Waals surface area contributed by atoms with Gasteiger partial charge < -0.3 is 0 Å². The molecule has 1 aromatic carbocycles. The van der Waals surface area contributed by atoms with Crippen molar-refractivity contribution < 1.29 is 0 Å². The van der Waals surface area contributed by atoms with Crippen molar-refractivity contribution in [1.82, 2.24) is 9.97 Å². The monoisotopic (exact) mass is 238 g/mol. The summed E-state index contributed by atoms with van der Waals surface area (Å²) in [4.78, 5) is 9.06. The van der Waals surface area contributed by atoms with Gasteiger partial charge in [-0.25, -0.2) is 4.98 Å². The molecule has 0 aliphatic rings. The van der Waals surface area contributed by atoms with Crippen LogP contribution in [0.4, 0.5) is 0 Å². The molecule has 0 saturated carbocycles. The first-order chi connectivity index (χ1) is 8.58. The lowest BCUT2D eigenvalue weighted by Gasteiger charge is -2.04. The summed E-state index contributed by atoms with van der Waals surface area (Å²) in [6.45, 7) is 8.09. The predicted octanol–water partition coefficient (Wildman–Crippen LogP) is 3.88. The summed E-state index contributed by atoms with van der Waals surface area (Å²) in [5.41, 5.74) is 6.40. The Morgan fingerprint density at radius 3 is 2.17 bits per heavy atom. The van der Waals surface area contributed by atoms with E-state index in [0.29, 0.717) is 0 Å². The lowest BCUT2D eigenvalue weighted by molar-refractivity contribution is 0.991. The normalized spacial score (nSPS) is 11.1. The van der Waals surface area contributed by atoms with Crippen molar-refractivity contribution in [2.45, 2.75) is 27.7 Å². The van der Waals surface area contributed by atoms with Crippen LogP contribution in [0.3, 0.4) is 0 Å². The summed E-state index contributed by atoms with van der Waals surface area (Å²) in [7, 11) is 0. The quantitative estimate of drug-likeness (QED) is 0.793. The van der Waals surface area contributed by atoms with Crippen molar-refractivity contribution >= 4 is 12.2 Å². The molecule has 1 heterocycles. The van der Waals surface area contributed by atoms with Crippen LogP contribution in [0.25, 0.3) is 12.2 Å². The summed E-state index contributed by atoms with van der Waals surface area (Å²) >= 11 is 0. The van der Waals surface area contributed by atoms with Crippen LogP contribution < -0.4 is 0 Å². The minimum atomic E-state index is 0.946. The molecule has 2 aromatic rings. The number of nitrogens with zero attached hydrogens (tertiary/aromatic N) is 2. The fourth-order valence-corrected chi connectivity index (χ4v) is 1.83. The van der Waals surface area contributed by atoms with Crippen molar-refractivity contribution in [1.29, 1.82) is 0 Å². The van der Waals surface area contributed by atoms with Gasteiger partial charge in [-0.05, 0) is 44.9 Å². The highest BCUT2D eigenvalue weighted by Crippen LogP contribution is 2.13. The third-order valence-electron chi connectivity index (χ3n) is 3.13. The van der Waals surface area contributed by atoms with Crippen molar-refractivity contribution in [2.24, 2.45) is 0 Å². The molecular formula is C16H18N2. The fourth-order valence-electron chi connectivity index (χ4n) is 1.83. The maximum atomic E-state index is 4.57. The van der Waals surface area contributed by atoms with E-state index in [-0.39, 0.29) is 0 Å². The van der Waals surface area contributed by atoms with Crippen LogP contribution in [0.1, 0.15) is 33.9 Å². The molecule has 2 nitrogen and oxygen atoms in total. The van der Waals surface area contributed by atoms with E-state index < -0.39 is 0 Å². The Hall–Kier alpha value is -1.96. The van der Waals surface area contributed by atoms with Crippen LogP contribution in [0.2, 0.25) is 0 Å². The van der Waals surface area contributed by atoms with E-state index in [0.717, 1.165) is 22.8 Å². The molecule has 0 aliphatic carbocycles. The molecule has 1 aromatic heterocycles. The second-order valence-electron chi connectivity index (χ2n) is 4.55. The Labute approximate surface area is 108 Å². The molecule has 0 fully saturated rings. The van der Waals surface area contributed by atoms with Gasteiger partial charge in [-0.1, -0.05) is 30.3 Å². The van der Waals surface area contributed by atoms with Crippen LogP contribution in [0, 0.1) is 27.7 Å². The third-order valence-corrected chi connectivity index (χ3v) is 3.13. The zero-order valence-corrected chi connectivity index (χ0v) is 11.4. The fraction of sp³-hybridized carbons (Fsp3) is 0.250. The van der Waals surface area contributed by atoms with E-state index in [9.17, 15) is 0 Å². The van der Waals surface area contributed by atoms with Crippen molar-refractivity contribution in [3.63, 3.8) is 0 Å². The number of benzene rings is 1. The van der Waals surface area contributed by atoms with Crippen molar-refractivity contribution in [2.75, 3.05) is 0 Å². The Bertz CT molecular complexity index is 598. The van der Waals surface area contributed by atoms with Gasteiger partial charge in [-0.15, -0.1) is 0 Å². The summed E-state index contributed by atoms with van der Waals surface area (Å²) in [5, 5.41) is 0. The average molecular weight is 238 g/mol. The standard InChI is InChI=1S/C16H18N2/c1-11-7-5-6-8-15(11)9-10-16-14(4)17-12(2)13(3)18-16/h5-10H,1-4H3/b10-9+. The van der Waals surface area contributed by atoms with Gasteiger partial charge in [0, 0.05) is 0 Å². The Balaban J connectivity index is 2.35. The van der Waals surface area contributed by atoms with E-state index in [1.807, 2.05) is 39.0 Å². The van der Waals surface area contributed by atoms with E-state index in [1.165, 1.54) is 11.1 Å². The highest BCUT2D eigenvalue weighted by atomic mass is 14.8. The Morgan fingerprint density at radius 2 is 1.44 bits per heavy atom. The summed E-state index contributed by atoms with van der Waals surface area (Å²) in [6, 6.07) is 8.31. The lowest BCUT2D eigenvalue weighted by atomic mass is 10.1. The average Bonchev–Trinajstić information content (AvgIpc) is 2.34. The molecule has 0 amide bonds. The molecule has 0 spiro atoms. The van der Waals surface area contributed by atoms with E-state index in [1.54, 1.807) is 0 Å². The van der Waals surface area contributed by atoms with Gasteiger partial charge in [-0.3, -0.25) is 4.98 Å². The van der Waals surface area contributed by atoms with Gasteiger partial charge in [0.1, 0.15) is 0 Å². The Morgan fingerprint density at radius 1 is 0.778 bits per heavy atom. The second kappa shape index (κ2) is 5.13. The summed E-state index contributed by atoms with van der Waals surface area (Å²) < 4.78 is 0. The maximum Gasteiger partial charge on any atom is 0.0845 e. The van der Waals surface area contributed by atoms with Crippen LogP contribution in [0.5, 0.6) is 0 Å². The van der Waals surface area contributed by atoms with Gasteiger partial charge in [0.25, 0.3) is 0 Å². The number of rotatable bonds is 2. The molecule has 0 N–H and O–H groups in total. The summed E-state index contributed by atoms with van der Waals surface area (Å²) in [5.74, 6) is 0. The molecule has 0 radical (unpaired) electrons. The molecule has 18 heavy (non-hydrogen) atoms. The zero-order chi connectivity index (χ0) is 13.1. The molecule has 0 unspecified atom stereocenters. The first-order valence-corrected chi connectivity index (χ1v) is 6.13. The predicted molar refractivity (Wildman–Crippen MR) is 76.4 cm³/mol. The molecule has 2 heteroatoms. The van der Waals surface area contributed by atoms with Crippen molar-refractivity contribution in [3.05, 3.63) is 58.2 Å². The minimum Gasteiger partial charge on any atom is -0.254 e. The molecule has 2 rings (SSSR count). The van der Waals surface area contributed by atoms with E-state index in [4.69, 9.17) is 0 Å². The minimum absolute atomic E-state index is 0.946. The van der Waals surface area contributed by atoms with Crippen molar-refractivity contribution in [3.8, 4) is 0 Å². The third kappa shape index (κ3) is 2.65. The molecule has 0 bridgehead atoms. The Kier molecular flexibility index (Phi) is 3.56. The summed E-state index contributed by atoms with van der Waals surface area (Å²) in [6.07, 6.45) is 4.14. The number of hydrogen-bond acceptors (Lipinski definition) is 2. The molecular weight excluding hydrogens is 220 g/mol. The highest BCUT2D eigenvalue weighted by Gasteiger charge is 2.02. The first-order valence-electron chi connectivity index (χ1n) is 6.13. The van der Waals surface area contributed by atoms with Crippen LogP contribution in [-0.2, 0) is 0 Å². The van der Waals surface area contributed by atoms with Gasteiger partial charge >= 0.3 is 0 Å². The molecule has 0 aliphatic heterocycles. The molecule has 92 valence electrons. The van der Waals surface area contributed by atoms with E-state index >= 15 is 0 Å². The largest absolute Gasteiger partial charge is 0.254 e. The maximum absolute atomic E-state index is 4.57. The number of aryl methyl sites for hydroxylation is 4. The number of hydrogen-bond donors (Lipinski definition) is 0. The van der Waals surface area contributed by atoms with Gasteiger partial charge in [0.15, 0.2) is 0 Å². The molecule has 0 saturated heterocycles. The topological polar surface area (TPSA) is 25.8 Å².